The Hall–Kier alpha value is -0.940. The van der Waals surface area contributed by atoms with Gasteiger partial charge in [-0.2, -0.15) is 4.98 Å². The SMILES string of the molecule is CCCOCc1noc(C(N)C2CC2)n1. The molecule has 0 saturated heterocycles. The third-order valence-corrected chi connectivity index (χ3v) is 2.48. The van der Waals surface area contributed by atoms with Gasteiger partial charge in [0, 0.05) is 6.61 Å². The molecule has 0 bridgehead atoms. The smallest absolute Gasteiger partial charge is 0.243 e. The van der Waals surface area contributed by atoms with Crippen molar-refractivity contribution in [1.29, 1.82) is 0 Å². The highest BCUT2D eigenvalue weighted by atomic mass is 16.5. The maximum atomic E-state index is 5.93. The lowest BCUT2D eigenvalue weighted by atomic mass is 10.2. The van der Waals surface area contributed by atoms with Crippen LogP contribution in [0.2, 0.25) is 0 Å². The summed E-state index contributed by atoms with van der Waals surface area (Å²) in [6, 6.07) is -0.0857. The van der Waals surface area contributed by atoms with Crippen molar-refractivity contribution in [2.75, 3.05) is 6.61 Å². The summed E-state index contributed by atoms with van der Waals surface area (Å²) in [4.78, 5) is 4.22. The van der Waals surface area contributed by atoms with E-state index in [9.17, 15) is 0 Å². The van der Waals surface area contributed by atoms with Gasteiger partial charge in [0.15, 0.2) is 5.82 Å². The third kappa shape index (κ3) is 2.76. The first-order valence-electron chi connectivity index (χ1n) is 5.47. The van der Waals surface area contributed by atoms with Crippen molar-refractivity contribution in [2.24, 2.45) is 11.7 Å². The summed E-state index contributed by atoms with van der Waals surface area (Å²) in [6.45, 7) is 3.19. The van der Waals surface area contributed by atoms with Crippen LogP contribution in [0.5, 0.6) is 0 Å². The molecular formula is C10H17N3O2. The van der Waals surface area contributed by atoms with Gasteiger partial charge in [-0.1, -0.05) is 12.1 Å². The number of aromatic nitrogens is 2. The molecular weight excluding hydrogens is 194 g/mol. The normalized spacial score (nSPS) is 18.0. The molecule has 0 aromatic carbocycles. The van der Waals surface area contributed by atoms with Crippen molar-refractivity contribution in [3.8, 4) is 0 Å². The highest BCUT2D eigenvalue weighted by Crippen LogP contribution is 2.38. The van der Waals surface area contributed by atoms with E-state index in [0.717, 1.165) is 13.0 Å². The summed E-state index contributed by atoms with van der Waals surface area (Å²) in [5, 5.41) is 3.83. The minimum atomic E-state index is -0.0857. The molecule has 5 nitrogen and oxygen atoms in total. The van der Waals surface area contributed by atoms with Crippen molar-refractivity contribution in [3.63, 3.8) is 0 Å². The second-order valence-corrected chi connectivity index (χ2v) is 3.96. The van der Waals surface area contributed by atoms with E-state index in [-0.39, 0.29) is 6.04 Å². The topological polar surface area (TPSA) is 74.2 Å². The van der Waals surface area contributed by atoms with Gasteiger partial charge in [-0.05, 0) is 25.2 Å². The van der Waals surface area contributed by atoms with E-state index in [2.05, 4.69) is 17.1 Å². The average molecular weight is 211 g/mol. The molecule has 15 heavy (non-hydrogen) atoms. The number of rotatable bonds is 6. The largest absolute Gasteiger partial charge is 0.373 e. The van der Waals surface area contributed by atoms with Crippen molar-refractivity contribution >= 4 is 0 Å². The summed E-state index contributed by atoms with van der Waals surface area (Å²) in [7, 11) is 0. The van der Waals surface area contributed by atoms with E-state index in [4.69, 9.17) is 15.0 Å². The number of hydrogen-bond acceptors (Lipinski definition) is 5. The minimum absolute atomic E-state index is 0.0857. The lowest BCUT2D eigenvalue weighted by Crippen LogP contribution is -2.12. The number of nitrogens with two attached hydrogens (primary N) is 1. The van der Waals surface area contributed by atoms with Crippen LogP contribution in [0.3, 0.4) is 0 Å². The molecule has 1 atom stereocenters. The van der Waals surface area contributed by atoms with Crippen LogP contribution in [0, 0.1) is 5.92 Å². The lowest BCUT2D eigenvalue weighted by molar-refractivity contribution is 0.114. The second-order valence-electron chi connectivity index (χ2n) is 3.96. The predicted molar refractivity (Wildman–Crippen MR) is 53.9 cm³/mol. The summed E-state index contributed by atoms with van der Waals surface area (Å²) in [6.07, 6.45) is 3.34. The van der Waals surface area contributed by atoms with Gasteiger partial charge in [0.25, 0.3) is 0 Å². The molecule has 0 spiro atoms. The van der Waals surface area contributed by atoms with Crippen molar-refractivity contribution in [1.82, 2.24) is 10.1 Å². The zero-order chi connectivity index (χ0) is 10.7. The fourth-order valence-electron chi connectivity index (χ4n) is 1.43. The van der Waals surface area contributed by atoms with E-state index < -0.39 is 0 Å². The quantitative estimate of drug-likeness (QED) is 0.720. The van der Waals surface area contributed by atoms with Gasteiger partial charge in [-0.25, -0.2) is 0 Å². The molecule has 0 amide bonds. The zero-order valence-electron chi connectivity index (χ0n) is 8.98. The van der Waals surface area contributed by atoms with E-state index in [1.165, 1.54) is 12.8 Å². The fraction of sp³-hybridized carbons (Fsp3) is 0.800. The van der Waals surface area contributed by atoms with Crippen LogP contribution in [0.15, 0.2) is 4.52 Å². The van der Waals surface area contributed by atoms with Gasteiger partial charge >= 0.3 is 0 Å². The van der Waals surface area contributed by atoms with E-state index in [1.807, 2.05) is 0 Å². The summed E-state index contributed by atoms with van der Waals surface area (Å²) >= 11 is 0. The van der Waals surface area contributed by atoms with Gasteiger partial charge in [-0.15, -0.1) is 0 Å². The Bertz CT molecular complexity index is 309. The van der Waals surface area contributed by atoms with E-state index in [1.54, 1.807) is 0 Å². The van der Waals surface area contributed by atoms with E-state index >= 15 is 0 Å². The third-order valence-electron chi connectivity index (χ3n) is 2.48. The maximum absolute atomic E-state index is 5.93. The van der Waals surface area contributed by atoms with Gasteiger partial charge in [0.1, 0.15) is 6.61 Å². The molecule has 1 aromatic heterocycles. The summed E-state index contributed by atoms with van der Waals surface area (Å²) in [5.74, 6) is 1.68. The Labute approximate surface area is 89.0 Å². The standard InChI is InChI=1S/C10H17N3O2/c1-2-5-14-6-8-12-10(15-13-8)9(11)7-3-4-7/h7,9H,2-6,11H2,1H3. The molecule has 1 saturated carbocycles. The van der Waals surface area contributed by atoms with E-state index in [0.29, 0.717) is 24.2 Å². The molecule has 2 N–H and O–H groups in total. The Kier molecular flexibility index (Phi) is 3.33. The number of hydrogen-bond donors (Lipinski definition) is 1. The van der Waals surface area contributed by atoms with Crippen LogP contribution < -0.4 is 5.73 Å². The van der Waals surface area contributed by atoms with Gasteiger partial charge in [0.2, 0.25) is 5.89 Å². The second kappa shape index (κ2) is 4.72. The van der Waals surface area contributed by atoms with Crippen molar-refractivity contribution in [3.05, 3.63) is 11.7 Å². The first-order valence-corrected chi connectivity index (χ1v) is 5.47. The van der Waals surface area contributed by atoms with Crippen LogP contribution in [0.4, 0.5) is 0 Å². The Morgan fingerprint density at radius 3 is 3.07 bits per heavy atom. The van der Waals surface area contributed by atoms with Gasteiger partial charge < -0.3 is 15.0 Å². The molecule has 84 valence electrons. The Morgan fingerprint density at radius 2 is 2.40 bits per heavy atom. The highest BCUT2D eigenvalue weighted by molar-refractivity contribution is 4.97. The monoisotopic (exact) mass is 211 g/mol. The molecule has 0 radical (unpaired) electrons. The minimum Gasteiger partial charge on any atom is -0.373 e. The molecule has 2 rings (SSSR count). The predicted octanol–water partition coefficient (Wildman–Crippen LogP) is 1.41. The van der Waals surface area contributed by atoms with Crippen LogP contribution in [-0.4, -0.2) is 16.7 Å². The number of ether oxygens (including phenoxy) is 1. The number of nitrogens with zero attached hydrogens (tertiary/aromatic N) is 2. The van der Waals surface area contributed by atoms with Crippen LogP contribution in [0.1, 0.15) is 43.9 Å². The fourth-order valence-corrected chi connectivity index (χ4v) is 1.43. The van der Waals surface area contributed by atoms with Crippen LogP contribution in [0.25, 0.3) is 0 Å². The Balaban J connectivity index is 1.85. The average Bonchev–Trinajstić information content (AvgIpc) is 2.98. The molecule has 1 aliphatic carbocycles. The highest BCUT2D eigenvalue weighted by Gasteiger charge is 2.33. The summed E-state index contributed by atoms with van der Waals surface area (Å²) < 4.78 is 10.4. The molecule has 1 fully saturated rings. The molecule has 0 aliphatic heterocycles. The zero-order valence-corrected chi connectivity index (χ0v) is 8.98. The molecule has 1 aromatic rings. The Morgan fingerprint density at radius 1 is 1.60 bits per heavy atom. The molecule has 1 unspecified atom stereocenters. The lowest BCUT2D eigenvalue weighted by Gasteiger charge is -2.01. The van der Waals surface area contributed by atoms with Gasteiger partial charge in [-0.3, -0.25) is 0 Å². The molecule has 1 aliphatic rings. The van der Waals surface area contributed by atoms with Crippen LogP contribution in [-0.2, 0) is 11.3 Å². The van der Waals surface area contributed by atoms with Crippen molar-refractivity contribution < 1.29 is 9.26 Å². The molecule has 1 heterocycles. The van der Waals surface area contributed by atoms with Crippen LogP contribution >= 0.6 is 0 Å². The summed E-state index contributed by atoms with van der Waals surface area (Å²) in [5.41, 5.74) is 5.93. The maximum Gasteiger partial charge on any atom is 0.243 e. The first-order chi connectivity index (χ1) is 7.31. The van der Waals surface area contributed by atoms with Crippen molar-refractivity contribution in [2.45, 2.75) is 38.8 Å². The molecule has 5 heteroatoms. The van der Waals surface area contributed by atoms with Gasteiger partial charge in [0.05, 0.1) is 6.04 Å². The first kappa shape index (κ1) is 10.6.